The Morgan fingerprint density at radius 1 is 1.22 bits per heavy atom. The molecule has 92 valence electrons. The summed E-state index contributed by atoms with van der Waals surface area (Å²) in [5, 5.41) is 5.65. The lowest BCUT2D eigenvalue weighted by molar-refractivity contribution is 0.102. The lowest BCUT2D eigenvalue weighted by Crippen LogP contribution is -2.13. The molecule has 18 heavy (non-hydrogen) atoms. The van der Waals surface area contributed by atoms with Crippen LogP contribution < -0.4 is 10.6 Å². The third kappa shape index (κ3) is 2.82. The van der Waals surface area contributed by atoms with Gasteiger partial charge in [-0.15, -0.1) is 0 Å². The lowest BCUT2D eigenvalue weighted by Gasteiger charge is -2.07. The lowest BCUT2D eigenvalue weighted by atomic mass is 10.2. The van der Waals surface area contributed by atoms with Crippen molar-refractivity contribution in [3.05, 3.63) is 47.8 Å². The predicted molar refractivity (Wildman–Crippen MR) is 70.7 cm³/mol. The van der Waals surface area contributed by atoms with Crippen molar-refractivity contribution in [1.82, 2.24) is 9.97 Å². The first kappa shape index (κ1) is 12.0. The summed E-state index contributed by atoms with van der Waals surface area (Å²) in [6, 6.07) is 8.79. The van der Waals surface area contributed by atoms with Gasteiger partial charge in [0, 0.05) is 24.5 Å². The Morgan fingerprint density at radius 3 is 2.72 bits per heavy atom. The van der Waals surface area contributed by atoms with Crippen LogP contribution in [0.4, 0.5) is 11.6 Å². The summed E-state index contributed by atoms with van der Waals surface area (Å²) in [6.07, 6.45) is 1.63. The highest BCUT2D eigenvalue weighted by Crippen LogP contribution is 2.11. The molecule has 2 aromatic rings. The van der Waals surface area contributed by atoms with Crippen LogP contribution in [0.3, 0.4) is 0 Å². The summed E-state index contributed by atoms with van der Waals surface area (Å²) >= 11 is 0. The molecule has 2 rings (SSSR count). The summed E-state index contributed by atoms with van der Waals surface area (Å²) in [5.41, 5.74) is 1.34. The van der Waals surface area contributed by atoms with Crippen LogP contribution in [0.1, 0.15) is 16.1 Å². The van der Waals surface area contributed by atoms with Crippen LogP contribution in [0.2, 0.25) is 0 Å². The van der Waals surface area contributed by atoms with Crippen molar-refractivity contribution in [2.75, 3.05) is 17.7 Å². The topological polar surface area (TPSA) is 66.9 Å². The third-order valence-electron chi connectivity index (χ3n) is 2.38. The number of hydrogen-bond donors (Lipinski definition) is 2. The van der Waals surface area contributed by atoms with Crippen LogP contribution in [0.25, 0.3) is 0 Å². The Balaban J connectivity index is 2.21. The molecule has 0 fully saturated rings. The Morgan fingerprint density at radius 2 is 2.06 bits per heavy atom. The molecule has 0 saturated carbocycles. The average Bonchev–Trinajstić information content (AvgIpc) is 2.39. The molecule has 2 aromatic heterocycles. The molecule has 0 spiro atoms. The molecular weight excluding hydrogens is 228 g/mol. The standard InChI is InChI=1S/C13H14N4O/c1-9-7-10(8-12(14-2)16-9)13(18)17-11-5-3-4-6-15-11/h3-8H,1-2H3,(H,14,16)(H,15,17,18). The largest absolute Gasteiger partial charge is 0.373 e. The Kier molecular flexibility index (Phi) is 3.52. The molecular formula is C13H14N4O. The third-order valence-corrected chi connectivity index (χ3v) is 2.38. The molecule has 0 aromatic carbocycles. The van der Waals surface area contributed by atoms with Crippen molar-refractivity contribution in [3.63, 3.8) is 0 Å². The minimum Gasteiger partial charge on any atom is -0.373 e. The van der Waals surface area contributed by atoms with Gasteiger partial charge in [-0.2, -0.15) is 0 Å². The minimum atomic E-state index is -0.198. The first-order valence-electron chi connectivity index (χ1n) is 5.58. The molecule has 0 saturated heterocycles. The highest BCUT2D eigenvalue weighted by Gasteiger charge is 2.08. The number of anilines is 2. The number of rotatable bonds is 3. The average molecular weight is 242 g/mol. The highest BCUT2D eigenvalue weighted by atomic mass is 16.1. The SMILES string of the molecule is CNc1cc(C(=O)Nc2ccccn2)cc(C)n1. The quantitative estimate of drug-likeness (QED) is 0.864. The zero-order valence-corrected chi connectivity index (χ0v) is 10.3. The zero-order chi connectivity index (χ0) is 13.0. The Bertz CT molecular complexity index is 554. The molecule has 0 aliphatic heterocycles. The molecule has 0 atom stereocenters. The van der Waals surface area contributed by atoms with Crippen LogP contribution in [-0.4, -0.2) is 22.9 Å². The van der Waals surface area contributed by atoms with Crippen molar-refractivity contribution in [2.24, 2.45) is 0 Å². The van der Waals surface area contributed by atoms with Gasteiger partial charge in [-0.05, 0) is 31.2 Å². The maximum atomic E-state index is 12.0. The van der Waals surface area contributed by atoms with E-state index < -0.39 is 0 Å². The monoisotopic (exact) mass is 242 g/mol. The van der Waals surface area contributed by atoms with Crippen molar-refractivity contribution >= 4 is 17.5 Å². The van der Waals surface area contributed by atoms with E-state index in [2.05, 4.69) is 20.6 Å². The van der Waals surface area contributed by atoms with Gasteiger partial charge in [0.15, 0.2) is 0 Å². The molecule has 0 aliphatic carbocycles. The molecule has 2 N–H and O–H groups in total. The molecule has 1 amide bonds. The van der Waals surface area contributed by atoms with E-state index in [4.69, 9.17) is 0 Å². The number of amides is 1. The fraction of sp³-hybridized carbons (Fsp3) is 0.154. The van der Waals surface area contributed by atoms with Crippen molar-refractivity contribution < 1.29 is 4.79 Å². The van der Waals surface area contributed by atoms with E-state index >= 15 is 0 Å². The molecule has 0 unspecified atom stereocenters. The predicted octanol–water partition coefficient (Wildman–Crippen LogP) is 2.08. The van der Waals surface area contributed by atoms with Crippen LogP contribution in [0.15, 0.2) is 36.5 Å². The molecule has 5 heteroatoms. The fourth-order valence-electron chi connectivity index (χ4n) is 1.55. The van der Waals surface area contributed by atoms with Gasteiger partial charge in [-0.1, -0.05) is 6.07 Å². The van der Waals surface area contributed by atoms with Crippen LogP contribution in [0.5, 0.6) is 0 Å². The number of pyridine rings is 2. The van der Waals surface area contributed by atoms with Crippen molar-refractivity contribution in [1.29, 1.82) is 0 Å². The Hall–Kier alpha value is -2.43. The first-order valence-corrected chi connectivity index (χ1v) is 5.58. The van der Waals surface area contributed by atoms with Gasteiger partial charge in [-0.25, -0.2) is 9.97 Å². The normalized spacial score (nSPS) is 9.89. The molecule has 5 nitrogen and oxygen atoms in total. The molecule has 2 heterocycles. The number of carbonyl (C=O) groups is 1. The van der Waals surface area contributed by atoms with E-state index in [-0.39, 0.29) is 5.91 Å². The fourth-order valence-corrected chi connectivity index (χ4v) is 1.55. The zero-order valence-electron chi connectivity index (χ0n) is 10.3. The maximum Gasteiger partial charge on any atom is 0.257 e. The van der Waals surface area contributed by atoms with E-state index in [0.717, 1.165) is 5.69 Å². The van der Waals surface area contributed by atoms with E-state index in [1.54, 1.807) is 37.5 Å². The van der Waals surface area contributed by atoms with Gasteiger partial charge in [0.25, 0.3) is 5.91 Å². The summed E-state index contributed by atoms with van der Waals surface area (Å²) in [6.45, 7) is 1.85. The number of nitrogens with one attached hydrogen (secondary N) is 2. The van der Waals surface area contributed by atoms with Gasteiger partial charge in [0.05, 0.1) is 0 Å². The van der Waals surface area contributed by atoms with Gasteiger partial charge in [0.1, 0.15) is 11.6 Å². The van der Waals surface area contributed by atoms with E-state index in [9.17, 15) is 4.79 Å². The van der Waals surface area contributed by atoms with Gasteiger partial charge in [0.2, 0.25) is 0 Å². The van der Waals surface area contributed by atoms with E-state index in [0.29, 0.717) is 17.2 Å². The minimum absolute atomic E-state index is 0.198. The number of hydrogen-bond acceptors (Lipinski definition) is 4. The van der Waals surface area contributed by atoms with E-state index in [1.807, 2.05) is 13.0 Å². The van der Waals surface area contributed by atoms with Crippen LogP contribution in [-0.2, 0) is 0 Å². The maximum absolute atomic E-state index is 12.0. The Labute approximate surface area is 105 Å². The number of aryl methyl sites for hydroxylation is 1. The second-order valence-corrected chi connectivity index (χ2v) is 3.80. The smallest absolute Gasteiger partial charge is 0.257 e. The number of nitrogens with zero attached hydrogens (tertiary/aromatic N) is 2. The van der Waals surface area contributed by atoms with Gasteiger partial charge >= 0.3 is 0 Å². The summed E-state index contributed by atoms with van der Waals surface area (Å²) in [7, 11) is 1.77. The summed E-state index contributed by atoms with van der Waals surface area (Å²) < 4.78 is 0. The molecule has 0 aliphatic rings. The number of carbonyl (C=O) groups excluding carboxylic acids is 1. The summed E-state index contributed by atoms with van der Waals surface area (Å²) in [4.78, 5) is 20.3. The van der Waals surface area contributed by atoms with E-state index in [1.165, 1.54) is 0 Å². The first-order chi connectivity index (χ1) is 8.69. The summed E-state index contributed by atoms with van der Waals surface area (Å²) in [5.74, 6) is 1.000. The van der Waals surface area contributed by atoms with Crippen LogP contribution in [0, 0.1) is 6.92 Å². The second-order valence-electron chi connectivity index (χ2n) is 3.80. The van der Waals surface area contributed by atoms with Crippen molar-refractivity contribution in [3.8, 4) is 0 Å². The second kappa shape index (κ2) is 5.27. The molecule has 0 bridgehead atoms. The van der Waals surface area contributed by atoms with Gasteiger partial charge < -0.3 is 10.6 Å². The van der Waals surface area contributed by atoms with Crippen LogP contribution >= 0.6 is 0 Å². The molecule has 0 radical (unpaired) electrons. The highest BCUT2D eigenvalue weighted by molar-refractivity contribution is 6.04. The number of aromatic nitrogens is 2. The van der Waals surface area contributed by atoms with Gasteiger partial charge in [-0.3, -0.25) is 4.79 Å². The van der Waals surface area contributed by atoms with Crippen molar-refractivity contribution in [2.45, 2.75) is 6.92 Å².